The van der Waals surface area contributed by atoms with Gasteiger partial charge in [0, 0.05) is 31.4 Å². The molecule has 0 saturated heterocycles. The monoisotopic (exact) mass is 312 g/mol. The van der Waals surface area contributed by atoms with Crippen LogP contribution >= 0.6 is 0 Å². The summed E-state index contributed by atoms with van der Waals surface area (Å²) < 4.78 is 26.1. The summed E-state index contributed by atoms with van der Waals surface area (Å²) in [4.78, 5) is 8.32. The van der Waals surface area contributed by atoms with Crippen LogP contribution in [0.1, 0.15) is 19.0 Å². The number of aryl methyl sites for hydroxylation is 1. The minimum Gasteiger partial charge on any atom is -0.370 e. The van der Waals surface area contributed by atoms with Crippen molar-refractivity contribution in [1.29, 1.82) is 0 Å². The van der Waals surface area contributed by atoms with E-state index < -0.39 is 10.0 Å². The standard InChI is InChI=1S/C12H20N6O2S/c1-4-17(21(3,19)20)7-5-6-13-11-8-10(2)16-12-14-9-15-18(11)12/h8-9,13H,4-7H2,1-3H3. The number of hydrogen-bond acceptors (Lipinski definition) is 6. The van der Waals surface area contributed by atoms with Gasteiger partial charge in [0.1, 0.15) is 12.1 Å². The molecular formula is C12H20N6O2S. The summed E-state index contributed by atoms with van der Waals surface area (Å²) in [6, 6.07) is 1.88. The van der Waals surface area contributed by atoms with Gasteiger partial charge >= 0.3 is 0 Å². The van der Waals surface area contributed by atoms with Crippen molar-refractivity contribution in [3.8, 4) is 0 Å². The Hall–Kier alpha value is -1.74. The van der Waals surface area contributed by atoms with Crippen molar-refractivity contribution in [2.75, 3.05) is 31.2 Å². The van der Waals surface area contributed by atoms with E-state index in [0.717, 1.165) is 11.5 Å². The number of aromatic nitrogens is 4. The van der Waals surface area contributed by atoms with Gasteiger partial charge in [-0.2, -0.15) is 14.6 Å². The van der Waals surface area contributed by atoms with Crippen LogP contribution in [0.2, 0.25) is 0 Å². The predicted octanol–water partition coefficient (Wildman–Crippen LogP) is 0.516. The number of rotatable bonds is 7. The van der Waals surface area contributed by atoms with E-state index in [9.17, 15) is 8.42 Å². The molecule has 2 aromatic rings. The smallest absolute Gasteiger partial charge is 0.254 e. The average molecular weight is 312 g/mol. The van der Waals surface area contributed by atoms with Crippen LogP contribution in [0.25, 0.3) is 5.78 Å². The van der Waals surface area contributed by atoms with Crippen LogP contribution in [0.15, 0.2) is 12.4 Å². The zero-order chi connectivity index (χ0) is 15.5. The molecule has 0 aliphatic carbocycles. The van der Waals surface area contributed by atoms with E-state index >= 15 is 0 Å². The predicted molar refractivity (Wildman–Crippen MR) is 80.7 cm³/mol. The highest BCUT2D eigenvalue weighted by molar-refractivity contribution is 7.88. The lowest BCUT2D eigenvalue weighted by Crippen LogP contribution is -2.31. The van der Waals surface area contributed by atoms with Crippen molar-refractivity contribution in [1.82, 2.24) is 23.9 Å². The Bertz CT molecular complexity index is 712. The third-order valence-electron chi connectivity index (χ3n) is 3.09. The highest BCUT2D eigenvalue weighted by atomic mass is 32.2. The van der Waals surface area contributed by atoms with Gasteiger partial charge in [0.25, 0.3) is 5.78 Å². The molecule has 0 bridgehead atoms. The Morgan fingerprint density at radius 3 is 2.86 bits per heavy atom. The summed E-state index contributed by atoms with van der Waals surface area (Å²) >= 11 is 0. The molecule has 0 aliphatic rings. The highest BCUT2D eigenvalue weighted by Gasteiger charge is 2.13. The zero-order valence-corrected chi connectivity index (χ0v) is 13.3. The van der Waals surface area contributed by atoms with Gasteiger partial charge in [0.15, 0.2) is 0 Å². The van der Waals surface area contributed by atoms with Gasteiger partial charge in [-0.3, -0.25) is 0 Å². The number of nitrogens with one attached hydrogen (secondary N) is 1. The molecule has 9 heteroatoms. The van der Waals surface area contributed by atoms with Crippen molar-refractivity contribution in [2.24, 2.45) is 0 Å². The van der Waals surface area contributed by atoms with E-state index in [0.29, 0.717) is 31.8 Å². The number of sulfonamides is 1. The second-order valence-electron chi connectivity index (χ2n) is 4.79. The van der Waals surface area contributed by atoms with E-state index in [2.05, 4.69) is 20.4 Å². The normalized spacial score (nSPS) is 12.2. The first kappa shape index (κ1) is 15.6. The number of hydrogen-bond donors (Lipinski definition) is 1. The Labute approximate surface area is 124 Å². The first-order valence-electron chi connectivity index (χ1n) is 6.78. The Morgan fingerprint density at radius 2 is 2.19 bits per heavy atom. The van der Waals surface area contributed by atoms with E-state index in [1.54, 1.807) is 4.52 Å². The van der Waals surface area contributed by atoms with Crippen LogP contribution in [-0.4, -0.2) is 58.2 Å². The minimum atomic E-state index is -3.12. The molecule has 2 rings (SSSR count). The fourth-order valence-electron chi connectivity index (χ4n) is 2.09. The van der Waals surface area contributed by atoms with Gasteiger partial charge in [-0.25, -0.2) is 17.7 Å². The average Bonchev–Trinajstić information content (AvgIpc) is 2.84. The molecule has 0 aliphatic heterocycles. The van der Waals surface area contributed by atoms with Gasteiger partial charge in [-0.15, -0.1) is 0 Å². The zero-order valence-electron chi connectivity index (χ0n) is 12.4. The molecule has 0 spiro atoms. The number of anilines is 1. The highest BCUT2D eigenvalue weighted by Crippen LogP contribution is 2.10. The van der Waals surface area contributed by atoms with Gasteiger partial charge in [0.2, 0.25) is 10.0 Å². The van der Waals surface area contributed by atoms with Gasteiger partial charge < -0.3 is 5.32 Å². The maximum Gasteiger partial charge on any atom is 0.254 e. The summed E-state index contributed by atoms with van der Waals surface area (Å²) in [6.07, 6.45) is 3.39. The number of nitrogens with zero attached hydrogens (tertiary/aromatic N) is 5. The summed E-state index contributed by atoms with van der Waals surface area (Å²) in [7, 11) is -3.12. The molecule has 8 nitrogen and oxygen atoms in total. The lowest BCUT2D eigenvalue weighted by Gasteiger charge is -2.17. The molecule has 0 atom stereocenters. The molecule has 0 saturated carbocycles. The second kappa shape index (κ2) is 6.35. The summed E-state index contributed by atoms with van der Waals surface area (Å²) in [6.45, 7) is 5.35. The van der Waals surface area contributed by atoms with E-state index in [4.69, 9.17) is 0 Å². The fourth-order valence-corrected chi connectivity index (χ4v) is 3.02. The van der Waals surface area contributed by atoms with Crippen LogP contribution in [0.3, 0.4) is 0 Å². The molecule has 116 valence electrons. The molecule has 1 N–H and O–H groups in total. The molecule has 2 heterocycles. The van der Waals surface area contributed by atoms with Gasteiger partial charge in [-0.1, -0.05) is 6.92 Å². The van der Waals surface area contributed by atoms with E-state index in [1.807, 2.05) is 19.9 Å². The quantitative estimate of drug-likeness (QED) is 0.749. The van der Waals surface area contributed by atoms with Gasteiger partial charge in [-0.05, 0) is 13.3 Å². The molecule has 0 amide bonds. The summed E-state index contributed by atoms with van der Waals surface area (Å²) in [5.74, 6) is 1.35. The van der Waals surface area contributed by atoms with Crippen molar-refractivity contribution in [3.05, 3.63) is 18.1 Å². The van der Waals surface area contributed by atoms with Crippen LogP contribution in [-0.2, 0) is 10.0 Å². The molecule has 2 aromatic heterocycles. The van der Waals surface area contributed by atoms with Crippen molar-refractivity contribution >= 4 is 21.6 Å². The van der Waals surface area contributed by atoms with Crippen LogP contribution in [0.5, 0.6) is 0 Å². The summed E-state index contributed by atoms with van der Waals surface area (Å²) in [5, 5.41) is 7.35. The molecule has 0 unspecified atom stereocenters. The van der Waals surface area contributed by atoms with Crippen molar-refractivity contribution < 1.29 is 8.42 Å². The lowest BCUT2D eigenvalue weighted by atomic mass is 10.4. The van der Waals surface area contributed by atoms with E-state index in [-0.39, 0.29) is 0 Å². The second-order valence-corrected chi connectivity index (χ2v) is 6.77. The van der Waals surface area contributed by atoms with Crippen LogP contribution in [0.4, 0.5) is 5.82 Å². The molecule has 21 heavy (non-hydrogen) atoms. The maximum atomic E-state index is 11.5. The minimum absolute atomic E-state index is 0.487. The van der Waals surface area contributed by atoms with E-state index in [1.165, 1.54) is 16.9 Å². The lowest BCUT2D eigenvalue weighted by molar-refractivity contribution is 0.428. The third-order valence-corrected chi connectivity index (χ3v) is 4.47. The first-order chi connectivity index (χ1) is 9.91. The third kappa shape index (κ3) is 3.88. The SMILES string of the molecule is CCN(CCCNc1cc(C)nc2ncnn12)S(C)(=O)=O. The first-order valence-corrected chi connectivity index (χ1v) is 8.63. The fraction of sp³-hybridized carbons (Fsp3) is 0.583. The van der Waals surface area contributed by atoms with Crippen molar-refractivity contribution in [3.63, 3.8) is 0 Å². The Balaban J connectivity index is 1.95. The molecule has 0 radical (unpaired) electrons. The molecular weight excluding hydrogens is 292 g/mol. The van der Waals surface area contributed by atoms with Gasteiger partial charge in [0.05, 0.1) is 6.26 Å². The Morgan fingerprint density at radius 1 is 1.43 bits per heavy atom. The topological polar surface area (TPSA) is 92.5 Å². The Kier molecular flexibility index (Phi) is 4.73. The largest absolute Gasteiger partial charge is 0.370 e. The number of fused-ring (bicyclic) bond motifs is 1. The van der Waals surface area contributed by atoms with Crippen molar-refractivity contribution in [2.45, 2.75) is 20.3 Å². The molecule has 0 aromatic carbocycles. The molecule has 0 fully saturated rings. The van der Waals surface area contributed by atoms with Crippen LogP contribution in [0, 0.1) is 6.92 Å². The van der Waals surface area contributed by atoms with Crippen LogP contribution < -0.4 is 5.32 Å². The summed E-state index contributed by atoms with van der Waals surface area (Å²) in [5.41, 5.74) is 0.851. The maximum absolute atomic E-state index is 11.5.